The first-order chi connectivity index (χ1) is 10.2. The van der Waals surface area contributed by atoms with Gasteiger partial charge in [0.05, 0.1) is 17.3 Å². The van der Waals surface area contributed by atoms with Gasteiger partial charge in [-0.05, 0) is 24.3 Å². The van der Waals surface area contributed by atoms with Crippen LogP contribution in [0.2, 0.25) is 0 Å². The molecular weight excluding hydrogens is 303 g/mol. The van der Waals surface area contributed by atoms with E-state index >= 15 is 0 Å². The van der Waals surface area contributed by atoms with Crippen molar-refractivity contribution in [1.29, 1.82) is 5.26 Å². The number of carbonyl (C=O) groups excluding carboxylic acids is 3. The molecule has 0 atom stereocenters. The van der Waals surface area contributed by atoms with E-state index in [9.17, 15) is 27.6 Å². The van der Waals surface area contributed by atoms with Crippen molar-refractivity contribution in [2.45, 2.75) is 12.6 Å². The quantitative estimate of drug-likeness (QED) is 0.780. The fourth-order valence-electron chi connectivity index (χ4n) is 1.91. The summed E-state index contributed by atoms with van der Waals surface area (Å²) in [6.45, 7) is -1.76. The van der Waals surface area contributed by atoms with Crippen LogP contribution in [0, 0.1) is 11.3 Å². The first-order valence-corrected chi connectivity index (χ1v) is 5.97. The number of nitrogens with zero attached hydrogens (tertiary/aromatic N) is 3. The van der Waals surface area contributed by atoms with Gasteiger partial charge < -0.3 is 0 Å². The van der Waals surface area contributed by atoms with Crippen molar-refractivity contribution < 1.29 is 27.6 Å². The molecule has 4 amide bonds. The zero-order chi connectivity index (χ0) is 16.5. The molecule has 1 saturated heterocycles. The molecule has 1 aliphatic heterocycles. The number of nitriles is 1. The van der Waals surface area contributed by atoms with Crippen molar-refractivity contribution >= 4 is 23.5 Å². The molecule has 0 saturated carbocycles. The molecule has 1 fully saturated rings. The number of anilines is 1. The number of urea groups is 1. The fraction of sp³-hybridized carbons (Fsp3) is 0.231. The maximum Gasteiger partial charge on any atom is 0.406 e. The maximum absolute atomic E-state index is 12.4. The summed E-state index contributed by atoms with van der Waals surface area (Å²) in [5, 5.41) is 8.67. The Kier molecular flexibility index (Phi) is 3.86. The van der Waals surface area contributed by atoms with Crippen LogP contribution in [-0.2, 0) is 9.59 Å². The highest BCUT2D eigenvalue weighted by Gasteiger charge is 2.44. The van der Waals surface area contributed by atoms with E-state index in [4.69, 9.17) is 5.26 Å². The van der Waals surface area contributed by atoms with Gasteiger partial charge in [-0.25, -0.2) is 9.69 Å². The predicted octanol–water partition coefficient (Wildman–Crippen LogP) is 1.81. The molecule has 1 aliphatic rings. The molecule has 0 bridgehead atoms. The van der Waals surface area contributed by atoms with Crippen molar-refractivity contribution in [2.75, 3.05) is 11.4 Å². The second-order valence-corrected chi connectivity index (χ2v) is 4.44. The van der Waals surface area contributed by atoms with Crippen molar-refractivity contribution in [2.24, 2.45) is 0 Å². The maximum atomic E-state index is 12.4. The zero-order valence-electron chi connectivity index (χ0n) is 10.9. The van der Waals surface area contributed by atoms with Crippen LogP contribution in [0.25, 0.3) is 0 Å². The Morgan fingerprint density at radius 1 is 1.09 bits per heavy atom. The Bertz CT molecular complexity index is 677. The van der Waals surface area contributed by atoms with E-state index in [1.165, 1.54) is 24.3 Å². The van der Waals surface area contributed by atoms with Gasteiger partial charge in [-0.1, -0.05) is 0 Å². The van der Waals surface area contributed by atoms with E-state index in [2.05, 4.69) is 0 Å². The predicted molar refractivity (Wildman–Crippen MR) is 66.4 cm³/mol. The largest absolute Gasteiger partial charge is 0.406 e. The highest BCUT2D eigenvalue weighted by atomic mass is 19.4. The van der Waals surface area contributed by atoms with Crippen LogP contribution < -0.4 is 4.90 Å². The van der Waals surface area contributed by atoms with E-state index in [1.54, 1.807) is 0 Å². The standard InChI is InChI=1S/C13H8F3N3O3/c14-13(15,16)7-18-10(20)5-11(21)19(12(18)22)9-3-1-8(6-17)2-4-9/h1-4H,5,7H2. The highest BCUT2D eigenvalue weighted by molar-refractivity contribution is 6.26. The van der Waals surface area contributed by atoms with Gasteiger partial charge in [0, 0.05) is 0 Å². The molecule has 0 spiro atoms. The van der Waals surface area contributed by atoms with Crippen LogP contribution in [-0.4, -0.2) is 35.5 Å². The van der Waals surface area contributed by atoms with Gasteiger partial charge in [-0.3, -0.25) is 14.5 Å². The van der Waals surface area contributed by atoms with Gasteiger partial charge >= 0.3 is 12.2 Å². The number of amides is 4. The van der Waals surface area contributed by atoms with Gasteiger partial charge in [0.2, 0.25) is 11.8 Å². The first-order valence-electron chi connectivity index (χ1n) is 5.97. The summed E-state index contributed by atoms with van der Waals surface area (Å²) < 4.78 is 37.3. The minimum absolute atomic E-state index is 0.00586. The van der Waals surface area contributed by atoms with E-state index in [0.29, 0.717) is 4.90 Å². The fourth-order valence-corrected chi connectivity index (χ4v) is 1.91. The number of hydrogen-bond acceptors (Lipinski definition) is 4. The summed E-state index contributed by atoms with van der Waals surface area (Å²) in [5.41, 5.74) is 0.248. The van der Waals surface area contributed by atoms with E-state index < -0.39 is 37.0 Å². The molecular formula is C13H8F3N3O3. The third-order valence-corrected chi connectivity index (χ3v) is 2.87. The number of alkyl halides is 3. The first kappa shape index (κ1) is 15.5. The number of benzene rings is 1. The molecule has 0 N–H and O–H groups in total. The van der Waals surface area contributed by atoms with Gasteiger partial charge in [0.25, 0.3) is 0 Å². The summed E-state index contributed by atoms with van der Waals surface area (Å²) in [7, 11) is 0. The minimum Gasteiger partial charge on any atom is -0.274 e. The number of carbonyl (C=O) groups is 3. The lowest BCUT2D eigenvalue weighted by atomic mass is 10.1. The molecule has 2 rings (SSSR count). The number of hydrogen-bond donors (Lipinski definition) is 0. The molecule has 1 heterocycles. The molecule has 0 aliphatic carbocycles. The topological polar surface area (TPSA) is 81.5 Å². The molecule has 6 nitrogen and oxygen atoms in total. The number of barbiturate groups is 1. The Balaban J connectivity index is 2.33. The molecule has 22 heavy (non-hydrogen) atoms. The SMILES string of the molecule is N#Cc1ccc(N2C(=O)CC(=O)N(CC(F)(F)F)C2=O)cc1. The summed E-state index contributed by atoms with van der Waals surface area (Å²) in [6.07, 6.45) is -5.59. The van der Waals surface area contributed by atoms with Crippen molar-refractivity contribution in [3.8, 4) is 6.07 Å². The van der Waals surface area contributed by atoms with Gasteiger partial charge in [0.15, 0.2) is 0 Å². The monoisotopic (exact) mass is 311 g/mol. The molecule has 1 aromatic carbocycles. The van der Waals surface area contributed by atoms with Crippen LogP contribution in [0.15, 0.2) is 24.3 Å². The third kappa shape index (κ3) is 3.06. The number of halogens is 3. The van der Waals surface area contributed by atoms with Crippen LogP contribution in [0.3, 0.4) is 0 Å². The van der Waals surface area contributed by atoms with Crippen molar-refractivity contribution in [1.82, 2.24) is 4.90 Å². The Labute approximate surface area is 122 Å². The van der Waals surface area contributed by atoms with Gasteiger partial charge in [0.1, 0.15) is 13.0 Å². The molecule has 0 unspecified atom stereocenters. The van der Waals surface area contributed by atoms with Crippen molar-refractivity contribution in [3.05, 3.63) is 29.8 Å². The smallest absolute Gasteiger partial charge is 0.274 e. The van der Waals surface area contributed by atoms with E-state index in [-0.39, 0.29) is 16.2 Å². The highest BCUT2D eigenvalue weighted by Crippen LogP contribution is 2.25. The Hall–Kier alpha value is -2.89. The van der Waals surface area contributed by atoms with E-state index in [1.807, 2.05) is 6.07 Å². The third-order valence-electron chi connectivity index (χ3n) is 2.87. The molecule has 114 valence electrons. The van der Waals surface area contributed by atoms with Crippen LogP contribution in [0.4, 0.5) is 23.7 Å². The summed E-state index contributed by atoms with van der Waals surface area (Å²) in [4.78, 5) is 35.8. The van der Waals surface area contributed by atoms with Gasteiger partial charge in [-0.15, -0.1) is 0 Å². The van der Waals surface area contributed by atoms with Gasteiger partial charge in [-0.2, -0.15) is 18.4 Å². The van der Waals surface area contributed by atoms with Crippen LogP contribution >= 0.6 is 0 Å². The van der Waals surface area contributed by atoms with Crippen molar-refractivity contribution in [3.63, 3.8) is 0 Å². The average Bonchev–Trinajstić information content (AvgIpc) is 2.43. The second kappa shape index (κ2) is 5.48. The number of imide groups is 2. The molecule has 1 aromatic rings. The average molecular weight is 311 g/mol. The summed E-state index contributed by atoms with van der Waals surface area (Å²) in [6, 6.07) is 5.57. The summed E-state index contributed by atoms with van der Waals surface area (Å²) >= 11 is 0. The minimum atomic E-state index is -4.76. The lowest BCUT2D eigenvalue weighted by Crippen LogP contribution is -2.57. The lowest BCUT2D eigenvalue weighted by Gasteiger charge is -2.32. The second-order valence-electron chi connectivity index (χ2n) is 4.44. The molecule has 9 heteroatoms. The van der Waals surface area contributed by atoms with E-state index in [0.717, 1.165) is 0 Å². The number of rotatable bonds is 2. The van der Waals surface area contributed by atoms with Crippen LogP contribution in [0.5, 0.6) is 0 Å². The molecule has 0 radical (unpaired) electrons. The summed E-state index contributed by atoms with van der Waals surface area (Å²) in [5.74, 6) is -2.12. The lowest BCUT2D eigenvalue weighted by molar-refractivity contribution is -0.157. The normalized spacial score (nSPS) is 16.0. The Morgan fingerprint density at radius 2 is 1.68 bits per heavy atom. The Morgan fingerprint density at radius 3 is 2.18 bits per heavy atom. The molecule has 0 aromatic heterocycles. The zero-order valence-corrected chi connectivity index (χ0v) is 10.9. The van der Waals surface area contributed by atoms with Crippen LogP contribution in [0.1, 0.15) is 12.0 Å².